The zero-order valence-corrected chi connectivity index (χ0v) is 10.8. The topological polar surface area (TPSA) is 98.3 Å². The molecule has 2 amide bonds. The van der Waals surface area contributed by atoms with Gasteiger partial charge in [0.15, 0.2) is 0 Å². The van der Waals surface area contributed by atoms with Gasteiger partial charge in [0.25, 0.3) is 0 Å². The largest absolute Gasteiger partial charge is 0.481 e. The van der Waals surface area contributed by atoms with Gasteiger partial charge in [-0.25, -0.2) is 9.78 Å². The molecule has 7 nitrogen and oxygen atoms in total. The number of aromatic nitrogens is 2. The number of urea groups is 1. The Morgan fingerprint density at radius 3 is 2.95 bits per heavy atom. The van der Waals surface area contributed by atoms with Crippen molar-refractivity contribution >= 4 is 12.0 Å². The molecule has 3 N–H and O–H groups in total. The summed E-state index contributed by atoms with van der Waals surface area (Å²) in [5.41, 5.74) is 0.957. The van der Waals surface area contributed by atoms with Crippen LogP contribution in [0.1, 0.15) is 12.6 Å². The van der Waals surface area contributed by atoms with Gasteiger partial charge < -0.3 is 20.3 Å². The zero-order valence-electron chi connectivity index (χ0n) is 10.8. The predicted octanol–water partition coefficient (Wildman–Crippen LogP) is 0.314. The third-order valence-electron chi connectivity index (χ3n) is 3.44. The number of carboxylic acids is 1. The van der Waals surface area contributed by atoms with E-state index in [0.717, 1.165) is 5.69 Å². The maximum absolute atomic E-state index is 11.9. The van der Waals surface area contributed by atoms with Crippen molar-refractivity contribution < 1.29 is 14.7 Å². The quantitative estimate of drug-likeness (QED) is 0.730. The Morgan fingerprint density at radius 2 is 2.37 bits per heavy atom. The Balaban J connectivity index is 1.76. The van der Waals surface area contributed by atoms with Gasteiger partial charge in [-0.2, -0.15) is 0 Å². The van der Waals surface area contributed by atoms with Crippen LogP contribution in [-0.4, -0.2) is 51.6 Å². The second-order valence-corrected chi connectivity index (χ2v) is 4.89. The summed E-state index contributed by atoms with van der Waals surface area (Å²) in [6.45, 7) is 3.14. The molecule has 19 heavy (non-hydrogen) atoms. The van der Waals surface area contributed by atoms with Crippen molar-refractivity contribution in [1.29, 1.82) is 0 Å². The first-order valence-corrected chi connectivity index (χ1v) is 6.30. The van der Waals surface area contributed by atoms with E-state index in [4.69, 9.17) is 5.11 Å². The average molecular weight is 266 g/mol. The number of imidazole rings is 1. The minimum Gasteiger partial charge on any atom is -0.481 e. The molecule has 0 radical (unpaired) electrons. The van der Waals surface area contributed by atoms with Gasteiger partial charge in [0.05, 0.1) is 12.2 Å². The average Bonchev–Trinajstić information content (AvgIpc) is 2.98. The number of carbonyl (C=O) groups excluding carboxylic acids is 1. The molecule has 2 unspecified atom stereocenters. The summed E-state index contributed by atoms with van der Waals surface area (Å²) in [5.74, 6) is -1.30. The fraction of sp³-hybridized carbons (Fsp3) is 0.583. The minimum absolute atomic E-state index is 0.00384. The van der Waals surface area contributed by atoms with Gasteiger partial charge in [-0.05, 0) is 5.92 Å². The molecule has 1 aromatic heterocycles. The molecule has 104 valence electrons. The van der Waals surface area contributed by atoms with E-state index in [-0.39, 0.29) is 18.5 Å². The molecular weight excluding hydrogens is 248 g/mol. The smallest absolute Gasteiger partial charge is 0.317 e. The Bertz CT molecular complexity index is 446. The number of carboxylic acid groups (broad SMARTS) is 1. The minimum atomic E-state index is -0.833. The van der Waals surface area contributed by atoms with E-state index in [0.29, 0.717) is 19.5 Å². The molecule has 2 atom stereocenters. The van der Waals surface area contributed by atoms with Crippen LogP contribution in [-0.2, 0) is 11.2 Å². The lowest BCUT2D eigenvalue weighted by Crippen LogP contribution is -2.39. The third kappa shape index (κ3) is 3.24. The Morgan fingerprint density at radius 1 is 1.58 bits per heavy atom. The second-order valence-electron chi connectivity index (χ2n) is 4.89. The van der Waals surface area contributed by atoms with Crippen molar-refractivity contribution in [3.8, 4) is 0 Å². The van der Waals surface area contributed by atoms with Crippen LogP contribution >= 0.6 is 0 Å². The third-order valence-corrected chi connectivity index (χ3v) is 3.44. The summed E-state index contributed by atoms with van der Waals surface area (Å²) >= 11 is 0. The van der Waals surface area contributed by atoms with Gasteiger partial charge in [0.1, 0.15) is 0 Å². The van der Waals surface area contributed by atoms with Crippen molar-refractivity contribution in [2.75, 3.05) is 19.6 Å². The molecule has 7 heteroatoms. The monoisotopic (exact) mass is 266 g/mol. The molecule has 2 rings (SSSR count). The van der Waals surface area contributed by atoms with Gasteiger partial charge in [0.2, 0.25) is 0 Å². The standard InChI is InChI=1S/C12H18N4O3/c1-8-5-16(6-10(8)11(17)18)12(19)14-3-2-9-4-13-7-15-9/h4,7-8,10H,2-3,5-6H2,1H3,(H,13,15)(H,14,19)(H,17,18). The molecule has 1 fully saturated rings. The van der Waals surface area contributed by atoms with Crippen LogP contribution in [0.25, 0.3) is 0 Å². The normalized spacial score (nSPS) is 22.5. The molecular formula is C12H18N4O3. The SMILES string of the molecule is CC1CN(C(=O)NCCc2cnc[nH]2)CC1C(=O)O. The van der Waals surface area contributed by atoms with Crippen LogP contribution in [0.4, 0.5) is 4.79 Å². The summed E-state index contributed by atoms with van der Waals surface area (Å²) in [7, 11) is 0. The molecule has 0 saturated carbocycles. The van der Waals surface area contributed by atoms with Gasteiger partial charge in [-0.3, -0.25) is 4.79 Å². The van der Waals surface area contributed by atoms with Crippen LogP contribution in [0.15, 0.2) is 12.5 Å². The number of hydrogen-bond donors (Lipinski definition) is 3. The van der Waals surface area contributed by atoms with E-state index in [1.54, 1.807) is 17.4 Å². The van der Waals surface area contributed by atoms with E-state index >= 15 is 0 Å². The molecule has 1 aliphatic heterocycles. The highest BCUT2D eigenvalue weighted by Gasteiger charge is 2.36. The highest BCUT2D eigenvalue weighted by atomic mass is 16.4. The summed E-state index contributed by atoms with van der Waals surface area (Å²) in [6.07, 6.45) is 3.98. The van der Waals surface area contributed by atoms with Gasteiger partial charge >= 0.3 is 12.0 Å². The van der Waals surface area contributed by atoms with Crippen molar-refractivity contribution in [2.24, 2.45) is 11.8 Å². The lowest BCUT2D eigenvalue weighted by molar-refractivity contribution is -0.142. The van der Waals surface area contributed by atoms with Crippen LogP contribution in [0.5, 0.6) is 0 Å². The summed E-state index contributed by atoms with van der Waals surface area (Å²) in [5, 5.41) is 11.8. The molecule has 1 saturated heterocycles. The number of nitrogens with one attached hydrogen (secondary N) is 2. The van der Waals surface area contributed by atoms with E-state index in [1.165, 1.54) is 0 Å². The first kappa shape index (κ1) is 13.4. The van der Waals surface area contributed by atoms with Crippen molar-refractivity contribution in [1.82, 2.24) is 20.2 Å². The molecule has 0 aliphatic carbocycles. The number of rotatable bonds is 4. The van der Waals surface area contributed by atoms with E-state index in [9.17, 15) is 9.59 Å². The van der Waals surface area contributed by atoms with Gasteiger partial charge in [-0.15, -0.1) is 0 Å². The van der Waals surface area contributed by atoms with Gasteiger partial charge in [0, 0.05) is 37.9 Å². The Labute approximate surface area is 111 Å². The second kappa shape index (κ2) is 5.73. The first-order valence-electron chi connectivity index (χ1n) is 6.30. The number of hydrogen-bond acceptors (Lipinski definition) is 3. The number of carbonyl (C=O) groups is 2. The number of aromatic amines is 1. The van der Waals surface area contributed by atoms with Crippen LogP contribution < -0.4 is 5.32 Å². The number of H-pyrrole nitrogens is 1. The summed E-state index contributed by atoms with van der Waals surface area (Å²) in [4.78, 5) is 31.3. The van der Waals surface area contributed by atoms with Crippen LogP contribution in [0.3, 0.4) is 0 Å². The lowest BCUT2D eigenvalue weighted by Gasteiger charge is -2.16. The molecule has 1 aromatic rings. The zero-order chi connectivity index (χ0) is 13.8. The number of amides is 2. The van der Waals surface area contributed by atoms with Crippen LogP contribution in [0, 0.1) is 11.8 Å². The number of aliphatic carboxylic acids is 1. The van der Waals surface area contributed by atoms with E-state index in [2.05, 4.69) is 15.3 Å². The fourth-order valence-corrected chi connectivity index (χ4v) is 2.29. The lowest BCUT2D eigenvalue weighted by atomic mass is 9.99. The molecule has 1 aliphatic rings. The number of nitrogens with zero attached hydrogens (tertiary/aromatic N) is 2. The number of likely N-dealkylation sites (tertiary alicyclic amines) is 1. The highest BCUT2D eigenvalue weighted by molar-refractivity contribution is 5.77. The maximum Gasteiger partial charge on any atom is 0.317 e. The maximum atomic E-state index is 11.9. The molecule has 0 spiro atoms. The van der Waals surface area contributed by atoms with E-state index in [1.807, 2.05) is 6.92 Å². The molecule has 0 bridgehead atoms. The Hall–Kier alpha value is -2.05. The molecule has 2 heterocycles. The highest BCUT2D eigenvalue weighted by Crippen LogP contribution is 2.22. The summed E-state index contributed by atoms with van der Waals surface area (Å²) in [6, 6.07) is -0.199. The predicted molar refractivity (Wildman–Crippen MR) is 67.6 cm³/mol. The molecule has 0 aromatic carbocycles. The van der Waals surface area contributed by atoms with E-state index < -0.39 is 11.9 Å². The first-order chi connectivity index (χ1) is 9.08. The van der Waals surface area contributed by atoms with Crippen molar-refractivity contribution in [3.05, 3.63) is 18.2 Å². The van der Waals surface area contributed by atoms with Crippen LogP contribution in [0.2, 0.25) is 0 Å². The summed E-state index contributed by atoms with van der Waals surface area (Å²) < 4.78 is 0. The van der Waals surface area contributed by atoms with Crippen molar-refractivity contribution in [3.63, 3.8) is 0 Å². The fourth-order valence-electron chi connectivity index (χ4n) is 2.29. The Kier molecular flexibility index (Phi) is 4.03. The van der Waals surface area contributed by atoms with Crippen molar-refractivity contribution in [2.45, 2.75) is 13.3 Å². The van der Waals surface area contributed by atoms with Gasteiger partial charge in [-0.1, -0.05) is 6.92 Å².